The summed E-state index contributed by atoms with van der Waals surface area (Å²) in [6.07, 6.45) is 9.29. The minimum absolute atomic E-state index is 0.0606. The molecule has 1 aliphatic rings. The predicted octanol–water partition coefficient (Wildman–Crippen LogP) is 4.26. The third-order valence-corrected chi connectivity index (χ3v) is 4.70. The molecule has 1 aromatic carbocycles. The van der Waals surface area contributed by atoms with Gasteiger partial charge in [-0.25, -0.2) is 0 Å². The highest BCUT2D eigenvalue weighted by atomic mass is 16.1. The van der Waals surface area contributed by atoms with Crippen LogP contribution in [0.4, 0.5) is 0 Å². The lowest BCUT2D eigenvalue weighted by molar-refractivity contribution is 0.0921. The summed E-state index contributed by atoms with van der Waals surface area (Å²) in [5, 5.41) is 4.35. The van der Waals surface area contributed by atoms with Crippen LogP contribution in [0.25, 0.3) is 10.9 Å². The molecule has 1 aromatic heterocycles. The van der Waals surface area contributed by atoms with Crippen LogP contribution in [0.2, 0.25) is 0 Å². The molecule has 0 bridgehead atoms. The van der Waals surface area contributed by atoms with Gasteiger partial charge in [0, 0.05) is 23.3 Å². The molecule has 3 rings (SSSR count). The Morgan fingerprint density at radius 2 is 2.05 bits per heavy atom. The largest absolute Gasteiger partial charge is 0.361 e. The third-order valence-electron chi connectivity index (χ3n) is 4.70. The van der Waals surface area contributed by atoms with Crippen molar-refractivity contribution in [2.75, 3.05) is 0 Å². The Balaban J connectivity index is 1.59. The lowest BCUT2D eigenvalue weighted by Gasteiger charge is -2.29. The molecule has 3 heteroatoms. The first-order valence-corrected chi connectivity index (χ1v) is 8.14. The van der Waals surface area contributed by atoms with Crippen molar-refractivity contribution in [1.29, 1.82) is 0 Å². The van der Waals surface area contributed by atoms with E-state index >= 15 is 0 Å². The molecule has 112 valence electrons. The number of amides is 1. The zero-order valence-corrected chi connectivity index (χ0v) is 12.7. The Bertz CT molecular complexity index is 608. The summed E-state index contributed by atoms with van der Waals surface area (Å²) in [4.78, 5) is 15.5. The Morgan fingerprint density at radius 3 is 2.81 bits per heavy atom. The first-order chi connectivity index (χ1) is 10.3. The van der Waals surface area contributed by atoms with E-state index in [2.05, 4.69) is 17.2 Å². The first kappa shape index (κ1) is 14.2. The number of aromatic nitrogens is 1. The van der Waals surface area contributed by atoms with Crippen molar-refractivity contribution < 1.29 is 4.79 Å². The number of H-pyrrole nitrogens is 1. The maximum atomic E-state index is 12.4. The van der Waals surface area contributed by atoms with Gasteiger partial charge in [0.25, 0.3) is 5.91 Å². The van der Waals surface area contributed by atoms with E-state index in [9.17, 15) is 4.79 Å². The predicted molar refractivity (Wildman–Crippen MR) is 86.4 cm³/mol. The van der Waals surface area contributed by atoms with Gasteiger partial charge in [0.2, 0.25) is 0 Å². The van der Waals surface area contributed by atoms with Gasteiger partial charge in [0.05, 0.1) is 0 Å². The third kappa shape index (κ3) is 3.29. The number of aromatic amines is 1. The molecule has 2 N–H and O–H groups in total. The summed E-state index contributed by atoms with van der Waals surface area (Å²) in [7, 11) is 0. The Labute approximate surface area is 126 Å². The summed E-state index contributed by atoms with van der Waals surface area (Å²) < 4.78 is 0. The van der Waals surface area contributed by atoms with E-state index in [-0.39, 0.29) is 5.91 Å². The number of hydrogen-bond donors (Lipinski definition) is 2. The number of nitrogens with one attached hydrogen (secondary N) is 2. The van der Waals surface area contributed by atoms with Crippen LogP contribution in [0.1, 0.15) is 55.8 Å². The molecular formula is C18H24N2O. The maximum absolute atomic E-state index is 12.4. The fraction of sp³-hybridized carbons (Fsp3) is 0.500. The standard InChI is InChI=1S/C18H24N2O/c1-2-3-13-4-8-16(9-5-13)20-18(21)15-7-6-14-10-11-19-17(14)12-15/h6-7,10-13,16,19H,2-5,8-9H2,1H3,(H,20,21). The molecule has 3 nitrogen and oxygen atoms in total. The molecule has 1 aliphatic carbocycles. The molecule has 0 aliphatic heterocycles. The normalized spacial score (nSPS) is 22.3. The molecule has 1 amide bonds. The van der Waals surface area contributed by atoms with Gasteiger partial charge < -0.3 is 10.3 Å². The van der Waals surface area contributed by atoms with E-state index in [1.54, 1.807) is 0 Å². The summed E-state index contributed by atoms with van der Waals surface area (Å²) in [5.41, 5.74) is 1.77. The Morgan fingerprint density at radius 1 is 1.24 bits per heavy atom. The molecule has 0 atom stereocenters. The van der Waals surface area contributed by atoms with Crippen molar-refractivity contribution in [2.45, 2.75) is 51.5 Å². The molecule has 21 heavy (non-hydrogen) atoms. The minimum Gasteiger partial charge on any atom is -0.361 e. The molecule has 0 radical (unpaired) electrons. The average molecular weight is 284 g/mol. The second-order valence-electron chi connectivity index (χ2n) is 6.26. The van der Waals surface area contributed by atoms with Gasteiger partial charge in [-0.2, -0.15) is 0 Å². The SMILES string of the molecule is CCCC1CCC(NC(=O)c2ccc3cc[nH]c3c2)CC1. The summed E-state index contributed by atoms with van der Waals surface area (Å²) in [6.45, 7) is 2.25. The van der Waals surface area contributed by atoms with Crippen LogP contribution in [0, 0.1) is 5.92 Å². The van der Waals surface area contributed by atoms with Crippen molar-refractivity contribution in [3.63, 3.8) is 0 Å². The van der Waals surface area contributed by atoms with E-state index in [1.165, 1.54) is 25.7 Å². The molecule has 0 spiro atoms. The van der Waals surface area contributed by atoms with Crippen LogP contribution in [0.5, 0.6) is 0 Å². The molecule has 2 aromatic rings. The van der Waals surface area contributed by atoms with Gasteiger partial charge in [-0.3, -0.25) is 4.79 Å². The minimum atomic E-state index is 0.0606. The summed E-state index contributed by atoms with van der Waals surface area (Å²) >= 11 is 0. The average Bonchev–Trinajstić information content (AvgIpc) is 2.97. The number of rotatable bonds is 4. The van der Waals surface area contributed by atoms with Crippen LogP contribution < -0.4 is 5.32 Å². The lowest BCUT2D eigenvalue weighted by Crippen LogP contribution is -2.37. The fourth-order valence-electron chi connectivity index (χ4n) is 3.46. The molecular weight excluding hydrogens is 260 g/mol. The second kappa shape index (κ2) is 6.33. The zero-order chi connectivity index (χ0) is 14.7. The first-order valence-electron chi connectivity index (χ1n) is 8.14. The van der Waals surface area contributed by atoms with Crippen LogP contribution >= 0.6 is 0 Å². The number of carbonyl (C=O) groups excluding carboxylic acids is 1. The van der Waals surface area contributed by atoms with Crippen molar-refractivity contribution in [2.24, 2.45) is 5.92 Å². The molecule has 0 unspecified atom stereocenters. The molecule has 0 saturated heterocycles. The van der Waals surface area contributed by atoms with Crippen LogP contribution in [0.15, 0.2) is 30.5 Å². The maximum Gasteiger partial charge on any atom is 0.251 e. The molecule has 1 saturated carbocycles. The van der Waals surface area contributed by atoms with Gasteiger partial charge in [-0.15, -0.1) is 0 Å². The van der Waals surface area contributed by atoms with E-state index in [4.69, 9.17) is 0 Å². The summed E-state index contributed by atoms with van der Waals surface area (Å²) in [5.74, 6) is 0.934. The van der Waals surface area contributed by atoms with Crippen LogP contribution in [-0.2, 0) is 0 Å². The highest BCUT2D eigenvalue weighted by Crippen LogP contribution is 2.28. The smallest absolute Gasteiger partial charge is 0.251 e. The van der Waals surface area contributed by atoms with E-state index in [1.807, 2.05) is 30.5 Å². The molecule has 1 fully saturated rings. The quantitative estimate of drug-likeness (QED) is 0.866. The lowest BCUT2D eigenvalue weighted by atomic mass is 9.83. The van der Waals surface area contributed by atoms with Gasteiger partial charge in [0.15, 0.2) is 0 Å². The highest BCUT2D eigenvalue weighted by Gasteiger charge is 2.22. The molecule has 1 heterocycles. The van der Waals surface area contributed by atoms with Crippen molar-refractivity contribution in [3.05, 3.63) is 36.0 Å². The number of hydrogen-bond acceptors (Lipinski definition) is 1. The van der Waals surface area contributed by atoms with E-state index in [0.29, 0.717) is 6.04 Å². The Hall–Kier alpha value is -1.77. The number of fused-ring (bicyclic) bond motifs is 1. The van der Waals surface area contributed by atoms with Gasteiger partial charge in [-0.1, -0.05) is 25.8 Å². The fourth-order valence-corrected chi connectivity index (χ4v) is 3.46. The van der Waals surface area contributed by atoms with Crippen LogP contribution in [-0.4, -0.2) is 16.9 Å². The van der Waals surface area contributed by atoms with Crippen molar-refractivity contribution in [3.8, 4) is 0 Å². The van der Waals surface area contributed by atoms with Gasteiger partial charge in [-0.05, 0) is 55.2 Å². The van der Waals surface area contributed by atoms with E-state index < -0.39 is 0 Å². The zero-order valence-electron chi connectivity index (χ0n) is 12.7. The number of carbonyl (C=O) groups is 1. The van der Waals surface area contributed by atoms with E-state index in [0.717, 1.165) is 35.2 Å². The monoisotopic (exact) mass is 284 g/mol. The van der Waals surface area contributed by atoms with Crippen molar-refractivity contribution in [1.82, 2.24) is 10.3 Å². The van der Waals surface area contributed by atoms with Crippen LogP contribution in [0.3, 0.4) is 0 Å². The van der Waals surface area contributed by atoms with Crippen molar-refractivity contribution >= 4 is 16.8 Å². The highest BCUT2D eigenvalue weighted by molar-refractivity contribution is 5.98. The topological polar surface area (TPSA) is 44.9 Å². The second-order valence-corrected chi connectivity index (χ2v) is 6.26. The summed E-state index contributed by atoms with van der Waals surface area (Å²) in [6, 6.07) is 8.22. The number of benzene rings is 1. The van der Waals surface area contributed by atoms with Gasteiger partial charge >= 0.3 is 0 Å². The van der Waals surface area contributed by atoms with Gasteiger partial charge in [0.1, 0.15) is 0 Å². The Kier molecular flexibility index (Phi) is 4.28.